The highest BCUT2D eigenvalue weighted by atomic mass is 16.5. The van der Waals surface area contributed by atoms with Gasteiger partial charge in [0.15, 0.2) is 0 Å². The fraction of sp³-hybridized carbons (Fsp3) is 0.231. The summed E-state index contributed by atoms with van der Waals surface area (Å²) in [6, 6.07) is 10.7. The van der Waals surface area contributed by atoms with Crippen LogP contribution in [0.2, 0.25) is 0 Å². The molecule has 0 aliphatic heterocycles. The van der Waals surface area contributed by atoms with Gasteiger partial charge in [0.25, 0.3) is 5.91 Å². The standard InChI is InChI=1S/C13H14N2O3/c1-9(8-16)14-13(17)12-7-11(15-18-12)10-5-3-2-4-6-10/h2-7,9,16H,8H2,1H3,(H,14,17)/t9-/m0/s1. The highest BCUT2D eigenvalue weighted by Gasteiger charge is 2.15. The molecule has 1 aromatic heterocycles. The Kier molecular flexibility index (Phi) is 3.74. The molecule has 0 bridgehead atoms. The van der Waals surface area contributed by atoms with E-state index in [1.165, 1.54) is 0 Å². The summed E-state index contributed by atoms with van der Waals surface area (Å²) >= 11 is 0. The molecule has 18 heavy (non-hydrogen) atoms. The molecule has 1 heterocycles. The number of aliphatic hydroxyl groups is 1. The van der Waals surface area contributed by atoms with Crippen LogP contribution in [0.5, 0.6) is 0 Å². The summed E-state index contributed by atoms with van der Waals surface area (Å²) in [4.78, 5) is 11.7. The predicted octanol–water partition coefficient (Wildman–Crippen LogP) is 1.45. The zero-order valence-corrected chi connectivity index (χ0v) is 9.96. The van der Waals surface area contributed by atoms with Crippen LogP contribution in [0.25, 0.3) is 11.3 Å². The first-order chi connectivity index (χ1) is 8.70. The van der Waals surface area contributed by atoms with Crippen LogP contribution in [0.3, 0.4) is 0 Å². The molecule has 0 fully saturated rings. The third-order valence-electron chi connectivity index (χ3n) is 2.45. The van der Waals surface area contributed by atoms with Gasteiger partial charge < -0.3 is 14.9 Å². The fourth-order valence-corrected chi connectivity index (χ4v) is 1.47. The first kappa shape index (κ1) is 12.3. The van der Waals surface area contributed by atoms with Crippen molar-refractivity contribution in [1.82, 2.24) is 10.5 Å². The van der Waals surface area contributed by atoms with Gasteiger partial charge in [-0.05, 0) is 6.92 Å². The minimum atomic E-state index is -0.383. The Bertz CT molecular complexity index is 522. The van der Waals surface area contributed by atoms with Crippen molar-refractivity contribution >= 4 is 5.91 Å². The molecule has 2 rings (SSSR count). The van der Waals surface area contributed by atoms with Gasteiger partial charge in [0.2, 0.25) is 5.76 Å². The molecule has 0 saturated carbocycles. The third kappa shape index (κ3) is 2.75. The van der Waals surface area contributed by atoms with Gasteiger partial charge in [-0.2, -0.15) is 0 Å². The lowest BCUT2D eigenvalue weighted by Gasteiger charge is -2.07. The Morgan fingerprint density at radius 2 is 2.17 bits per heavy atom. The largest absolute Gasteiger partial charge is 0.394 e. The van der Waals surface area contributed by atoms with Crippen molar-refractivity contribution in [2.24, 2.45) is 0 Å². The highest BCUT2D eigenvalue weighted by molar-refractivity contribution is 5.92. The first-order valence-electron chi connectivity index (χ1n) is 5.64. The van der Waals surface area contributed by atoms with E-state index >= 15 is 0 Å². The third-order valence-corrected chi connectivity index (χ3v) is 2.45. The van der Waals surface area contributed by atoms with E-state index in [9.17, 15) is 4.79 Å². The second kappa shape index (κ2) is 5.46. The van der Waals surface area contributed by atoms with Crippen LogP contribution < -0.4 is 5.32 Å². The summed E-state index contributed by atoms with van der Waals surface area (Å²) < 4.78 is 4.98. The number of rotatable bonds is 4. The Morgan fingerprint density at radius 1 is 1.44 bits per heavy atom. The van der Waals surface area contributed by atoms with E-state index in [0.717, 1.165) is 5.56 Å². The molecule has 0 aliphatic rings. The Morgan fingerprint density at radius 3 is 2.83 bits per heavy atom. The smallest absolute Gasteiger partial charge is 0.290 e. The SMILES string of the molecule is C[C@@H](CO)NC(=O)c1cc(-c2ccccc2)no1. The molecule has 2 aromatic rings. The molecular formula is C13H14N2O3. The molecule has 1 atom stereocenters. The summed E-state index contributed by atoms with van der Waals surface area (Å²) in [6.45, 7) is 1.58. The number of nitrogens with one attached hydrogen (secondary N) is 1. The average Bonchev–Trinajstić information content (AvgIpc) is 2.89. The van der Waals surface area contributed by atoms with Gasteiger partial charge in [-0.3, -0.25) is 4.79 Å². The normalized spacial score (nSPS) is 12.1. The van der Waals surface area contributed by atoms with Crippen molar-refractivity contribution in [2.45, 2.75) is 13.0 Å². The van der Waals surface area contributed by atoms with E-state index in [2.05, 4.69) is 10.5 Å². The van der Waals surface area contributed by atoms with E-state index < -0.39 is 0 Å². The first-order valence-corrected chi connectivity index (χ1v) is 5.64. The topological polar surface area (TPSA) is 75.4 Å². The van der Waals surface area contributed by atoms with Gasteiger partial charge in [-0.25, -0.2) is 0 Å². The molecule has 5 nitrogen and oxygen atoms in total. The van der Waals surface area contributed by atoms with Gasteiger partial charge in [0, 0.05) is 17.7 Å². The van der Waals surface area contributed by atoms with E-state index in [4.69, 9.17) is 9.63 Å². The number of benzene rings is 1. The molecular weight excluding hydrogens is 232 g/mol. The van der Waals surface area contributed by atoms with Crippen LogP contribution >= 0.6 is 0 Å². The lowest BCUT2D eigenvalue weighted by atomic mass is 10.1. The Labute approximate surface area is 104 Å². The predicted molar refractivity (Wildman–Crippen MR) is 66.0 cm³/mol. The average molecular weight is 246 g/mol. The number of aromatic nitrogens is 1. The van der Waals surface area contributed by atoms with Crippen LogP contribution in [0.4, 0.5) is 0 Å². The number of nitrogens with zero attached hydrogens (tertiary/aromatic N) is 1. The quantitative estimate of drug-likeness (QED) is 0.856. The van der Waals surface area contributed by atoms with Crippen molar-refractivity contribution in [3.8, 4) is 11.3 Å². The van der Waals surface area contributed by atoms with Crippen molar-refractivity contribution in [1.29, 1.82) is 0 Å². The van der Waals surface area contributed by atoms with Crippen molar-refractivity contribution in [2.75, 3.05) is 6.61 Å². The van der Waals surface area contributed by atoms with Gasteiger partial charge in [-0.1, -0.05) is 35.5 Å². The zero-order valence-electron chi connectivity index (χ0n) is 9.96. The maximum Gasteiger partial charge on any atom is 0.290 e. The molecule has 0 spiro atoms. The number of hydrogen-bond acceptors (Lipinski definition) is 4. The van der Waals surface area contributed by atoms with E-state index in [1.807, 2.05) is 30.3 Å². The van der Waals surface area contributed by atoms with E-state index in [1.54, 1.807) is 13.0 Å². The van der Waals surface area contributed by atoms with Gasteiger partial charge >= 0.3 is 0 Å². The van der Waals surface area contributed by atoms with Crippen molar-refractivity contribution in [3.05, 3.63) is 42.2 Å². The fourth-order valence-electron chi connectivity index (χ4n) is 1.47. The number of carbonyl (C=O) groups excluding carboxylic acids is 1. The maximum absolute atomic E-state index is 11.7. The van der Waals surface area contributed by atoms with Crippen molar-refractivity contribution in [3.63, 3.8) is 0 Å². The van der Waals surface area contributed by atoms with E-state index in [-0.39, 0.29) is 24.3 Å². The molecule has 0 radical (unpaired) electrons. The monoisotopic (exact) mass is 246 g/mol. The second-order valence-electron chi connectivity index (χ2n) is 4.00. The second-order valence-corrected chi connectivity index (χ2v) is 4.00. The van der Waals surface area contributed by atoms with Crippen LogP contribution in [0, 0.1) is 0 Å². The number of carbonyl (C=O) groups is 1. The minimum Gasteiger partial charge on any atom is -0.394 e. The molecule has 0 unspecified atom stereocenters. The highest BCUT2D eigenvalue weighted by Crippen LogP contribution is 2.18. The molecule has 5 heteroatoms. The summed E-state index contributed by atoms with van der Waals surface area (Å²) in [6.07, 6.45) is 0. The summed E-state index contributed by atoms with van der Waals surface area (Å²) in [7, 11) is 0. The molecule has 1 amide bonds. The zero-order chi connectivity index (χ0) is 13.0. The Hall–Kier alpha value is -2.14. The Balaban J connectivity index is 2.13. The van der Waals surface area contributed by atoms with Gasteiger partial charge in [-0.15, -0.1) is 0 Å². The van der Waals surface area contributed by atoms with Gasteiger partial charge in [0.1, 0.15) is 5.69 Å². The van der Waals surface area contributed by atoms with Gasteiger partial charge in [0.05, 0.1) is 6.61 Å². The number of amides is 1. The molecule has 0 aliphatic carbocycles. The maximum atomic E-state index is 11.7. The molecule has 94 valence electrons. The van der Waals surface area contributed by atoms with Crippen molar-refractivity contribution < 1.29 is 14.4 Å². The lowest BCUT2D eigenvalue weighted by Crippen LogP contribution is -2.34. The molecule has 1 aromatic carbocycles. The number of aliphatic hydroxyl groups excluding tert-OH is 1. The summed E-state index contributed by atoms with van der Waals surface area (Å²) in [5.41, 5.74) is 1.49. The number of hydrogen-bond donors (Lipinski definition) is 2. The molecule has 2 N–H and O–H groups in total. The van der Waals surface area contributed by atoms with E-state index in [0.29, 0.717) is 5.69 Å². The van der Waals surface area contributed by atoms with Crippen LogP contribution in [0.15, 0.2) is 40.9 Å². The summed E-state index contributed by atoms with van der Waals surface area (Å²) in [5, 5.41) is 15.3. The minimum absolute atomic E-state index is 0.120. The lowest BCUT2D eigenvalue weighted by molar-refractivity contribution is 0.0885. The van der Waals surface area contributed by atoms with Crippen LogP contribution in [-0.2, 0) is 0 Å². The van der Waals surface area contributed by atoms with Crippen LogP contribution in [0.1, 0.15) is 17.5 Å². The van der Waals surface area contributed by atoms with Crippen LogP contribution in [-0.4, -0.2) is 28.8 Å². The summed E-state index contributed by atoms with van der Waals surface area (Å²) in [5.74, 6) is -0.250. The molecule has 0 saturated heterocycles.